The quantitative estimate of drug-likeness (QED) is 0.164. The molecule has 0 radical (unpaired) electrons. The Morgan fingerprint density at radius 2 is 1.05 bits per heavy atom. The van der Waals surface area contributed by atoms with E-state index in [-0.39, 0.29) is 18.1 Å². The van der Waals surface area contributed by atoms with E-state index in [1.165, 1.54) is 38.0 Å². The van der Waals surface area contributed by atoms with Crippen molar-refractivity contribution in [3.8, 4) is 33.4 Å². The van der Waals surface area contributed by atoms with E-state index in [1.807, 2.05) is 0 Å². The average Bonchev–Trinajstić information content (AvgIpc) is 4.32. The largest absolute Gasteiger partial charge is 0.455 e. The number of rotatable bonds is 3. The molecule has 6 aromatic heterocycles. The minimum absolute atomic E-state index is 0.0151. The first kappa shape index (κ1) is 39.5. The number of nitrogens with one attached hydrogen (secondary N) is 3. The van der Waals surface area contributed by atoms with Crippen molar-refractivity contribution in [3.63, 3.8) is 0 Å². The molecule has 0 saturated carbocycles. The maximum Gasteiger partial charge on any atom is 0.143 e. The molecule has 19 rings (SSSR count). The smallest absolute Gasteiger partial charge is 0.143 e. The van der Waals surface area contributed by atoms with Crippen LogP contribution in [-0.2, 0) is 0 Å². The van der Waals surface area contributed by atoms with Crippen LogP contribution in [-0.4, -0.2) is 32.6 Å². The highest BCUT2D eigenvalue weighted by atomic mass is 16.3. The molecule has 2 aliphatic carbocycles. The lowest BCUT2D eigenvalue weighted by molar-refractivity contribution is 0.670. The van der Waals surface area contributed by atoms with E-state index in [1.54, 1.807) is 0 Å². The van der Waals surface area contributed by atoms with Crippen LogP contribution >= 0.6 is 0 Å². The van der Waals surface area contributed by atoms with E-state index < -0.39 is 0 Å². The van der Waals surface area contributed by atoms with Crippen molar-refractivity contribution >= 4 is 138 Å². The van der Waals surface area contributed by atoms with Crippen molar-refractivity contribution in [2.24, 2.45) is 4.99 Å². The molecule has 8 nitrogen and oxygen atoms in total. The lowest BCUT2D eigenvalue weighted by Crippen LogP contribution is -2.41. The van der Waals surface area contributed by atoms with Crippen molar-refractivity contribution < 1.29 is 8.83 Å². The maximum absolute atomic E-state index is 7.14. The van der Waals surface area contributed by atoms with Gasteiger partial charge in [-0.25, -0.2) is 4.99 Å². The zero-order chi connectivity index (χ0) is 49.1. The maximum atomic E-state index is 7.14. The number of benzene rings is 9. The van der Waals surface area contributed by atoms with Gasteiger partial charge >= 0.3 is 0 Å². The molecule has 0 fully saturated rings. The summed E-state index contributed by atoms with van der Waals surface area (Å²) in [5.41, 5.74) is 17.8. The predicted molar refractivity (Wildman–Crippen MR) is 315 cm³/mol. The minimum Gasteiger partial charge on any atom is -0.455 e. The molecule has 8 heteroatoms. The third-order valence-corrected chi connectivity index (χ3v) is 17.2. The highest BCUT2D eigenvalue weighted by molar-refractivity contribution is 6.36. The summed E-state index contributed by atoms with van der Waals surface area (Å²) in [7, 11) is 0. The summed E-state index contributed by atoms with van der Waals surface area (Å²) in [6.07, 6.45) is 17.2. The minimum atomic E-state index is -0.0151. The lowest BCUT2D eigenvalue weighted by atomic mass is 9.95. The van der Waals surface area contributed by atoms with Gasteiger partial charge in [0, 0.05) is 65.0 Å². The molecule has 0 saturated heterocycles. The third kappa shape index (κ3) is 4.96. The number of nitrogens with zero attached hydrogens (tertiary/aromatic N) is 3. The number of allylic oxidation sites excluding steroid dienone is 4. The van der Waals surface area contributed by atoms with Gasteiger partial charge in [0.05, 0.1) is 51.6 Å². The van der Waals surface area contributed by atoms with Crippen LogP contribution < -0.4 is 16.0 Å². The van der Waals surface area contributed by atoms with Gasteiger partial charge in [0.25, 0.3) is 0 Å². The number of furan rings is 2. The summed E-state index contributed by atoms with van der Waals surface area (Å²) in [6.45, 7) is 0. The number of hydrogen-bond acceptors (Lipinski definition) is 6. The van der Waals surface area contributed by atoms with Gasteiger partial charge in [-0.2, -0.15) is 0 Å². The van der Waals surface area contributed by atoms with E-state index in [4.69, 9.17) is 13.8 Å². The second kappa shape index (κ2) is 14.0. The summed E-state index contributed by atoms with van der Waals surface area (Å²) in [5.74, 6) is 2.10. The fourth-order valence-electron chi connectivity index (χ4n) is 13.9. The summed E-state index contributed by atoms with van der Waals surface area (Å²) in [5, 5.41) is 25.6. The molecule has 354 valence electrons. The third-order valence-electron chi connectivity index (χ3n) is 17.2. The average molecular weight is 973 g/mol. The normalized spacial score (nSPS) is 17.8. The Labute approximate surface area is 432 Å². The van der Waals surface area contributed by atoms with E-state index in [0.29, 0.717) is 0 Å². The Hall–Kier alpha value is -10.1. The Morgan fingerprint density at radius 3 is 1.89 bits per heavy atom. The van der Waals surface area contributed by atoms with E-state index in [9.17, 15) is 0 Å². The molecule has 4 aliphatic rings. The van der Waals surface area contributed by atoms with Crippen LogP contribution in [0.5, 0.6) is 0 Å². The molecule has 3 unspecified atom stereocenters. The molecule has 0 spiro atoms. The molecule has 3 N–H and O–H groups in total. The first-order chi connectivity index (χ1) is 37.7. The van der Waals surface area contributed by atoms with Crippen LogP contribution in [0.1, 0.15) is 0 Å². The van der Waals surface area contributed by atoms with Crippen molar-refractivity contribution in [1.29, 1.82) is 0 Å². The van der Waals surface area contributed by atoms with Crippen molar-refractivity contribution in [1.82, 2.24) is 8.80 Å². The van der Waals surface area contributed by atoms with Crippen molar-refractivity contribution in [2.75, 3.05) is 16.0 Å². The Kier molecular flexibility index (Phi) is 7.25. The molecule has 0 bridgehead atoms. The second-order valence-electron chi connectivity index (χ2n) is 21.1. The number of para-hydroxylation sites is 3. The standard InChI is InChI=1S/C68H40N6O2/c1-2-13-36-30-40(27-26-35(36)12-1)42-18-11-20-45-58-56(76-66(42)45)34-48-62-68(72-52-24-7-5-22-50(52)70-62)74-54-29-28-38(32-46(54)60(58)64(48)74)37-14-9-15-39(31-37)41-17-10-19-44-57-55(75-65(41)44)33-47-61-67(71-51-23-6-4-21-49(51)69-61)73-53-25-8-3-16-43(53)59(57)63(47)73/h1-34,49,51-52,69,71-72H. The van der Waals surface area contributed by atoms with Crippen LogP contribution in [0.15, 0.2) is 220 Å². The van der Waals surface area contributed by atoms with Gasteiger partial charge < -0.3 is 24.8 Å². The molecule has 9 aromatic carbocycles. The second-order valence-corrected chi connectivity index (χ2v) is 21.1. The number of fused-ring (bicyclic) bond motifs is 23. The predicted octanol–water partition coefficient (Wildman–Crippen LogP) is 17.3. The van der Waals surface area contributed by atoms with Gasteiger partial charge in [-0.3, -0.25) is 8.80 Å². The number of anilines is 3. The molecule has 15 aromatic rings. The van der Waals surface area contributed by atoms with Crippen LogP contribution in [0.4, 0.5) is 23.0 Å². The highest BCUT2D eigenvalue weighted by Crippen LogP contribution is 2.54. The molecule has 8 heterocycles. The number of aromatic nitrogens is 2. The van der Waals surface area contributed by atoms with E-state index in [2.05, 4.69) is 231 Å². The fourth-order valence-corrected chi connectivity index (χ4v) is 13.9. The Balaban J connectivity index is 0.812. The SMILES string of the molecule is C1=CC2=Nc3c(n4c5ccc(-c6cccc(-c7cccc8c7oc7cc9c%10c(n%11c%12ccccc%12c(c78)c9%11)NC7C=CC=CC7N%10)c6)cc5c5c6c(cc3c54)oc3c(-c4ccc5ccccc5c4)cccc36)NC2C=C1. The van der Waals surface area contributed by atoms with Crippen LogP contribution in [0, 0.1) is 0 Å². The number of aliphatic imine (C=N–C) groups is 1. The lowest BCUT2D eigenvalue weighted by Gasteiger charge is -2.33. The molecular formula is C68H40N6O2. The van der Waals surface area contributed by atoms with Gasteiger partial charge in [-0.1, -0.05) is 158 Å². The molecule has 0 amide bonds. The number of hydrogen-bond donors (Lipinski definition) is 3. The van der Waals surface area contributed by atoms with E-state index >= 15 is 0 Å². The van der Waals surface area contributed by atoms with Gasteiger partial charge in [0.1, 0.15) is 39.7 Å². The van der Waals surface area contributed by atoms with Gasteiger partial charge in [0.2, 0.25) is 0 Å². The molecule has 76 heavy (non-hydrogen) atoms. The van der Waals surface area contributed by atoms with E-state index in [0.717, 1.165) is 133 Å². The van der Waals surface area contributed by atoms with Crippen LogP contribution in [0.3, 0.4) is 0 Å². The first-order valence-corrected chi connectivity index (χ1v) is 26.2. The fraction of sp³-hybridized carbons (Fsp3) is 0.0441. The van der Waals surface area contributed by atoms with Crippen LogP contribution in [0.2, 0.25) is 0 Å². The summed E-state index contributed by atoms with van der Waals surface area (Å²) >= 11 is 0. The van der Waals surface area contributed by atoms with Gasteiger partial charge in [-0.05, 0) is 81.6 Å². The van der Waals surface area contributed by atoms with Crippen molar-refractivity contribution in [2.45, 2.75) is 18.1 Å². The Morgan fingerprint density at radius 1 is 0.421 bits per heavy atom. The molecule has 2 aliphatic heterocycles. The topological polar surface area (TPSA) is 83.6 Å². The monoisotopic (exact) mass is 972 g/mol. The Bertz CT molecular complexity index is 5300. The summed E-state index contributed by atoms with van der Waals surface area (Å²) in [6, 6.07) is 58.0. The van der Waals surface area contributed by atoms with Gasteiger partial charge in [-0.15, -0.1) is 0 Å². The zero-order valence-corrected chi connectivity index (χ0v) is 40.5. The molecular weight excluding hydrogens is 933 g/mol. The first-order valence-electron chi connectivity index (χ1n) is 26.2. The van der Waals surface area contributed by atoms with Gasteiger partial charge in [0.15, 0.2) is 0 Å². The van der Waals surface area contributed by atoms with Crippen LogP contribution in [0.25, 0.3) is 142 Å². The zero-order valence-electron chi connectivity index (χ0n) is 40.5. The highest BCUT2D eigenvalue weighted by Gasteiger charge is 2.34. The summed E-state index contributed by atoms with van der Waals surface area (Å²) in [4.78, 5) is 5.36. The summed E-state index contributed by atoms with van der Waals surface area (Å²) < 4.78 is 19.1. The van der Waals surface area contributed by atoms with Crippen molar-refractivity contribution in [3.05, 3.63) is 206 Å². The molecule has 3 atom stereocenters.